The highest BCUT2D eigenvalue weighted by molar-refractivity contribution is 9.10. The molecule has 5 nitrogen and oxygen atoms in total. The number of esters is 1. The first-order chi connectivity index (χ1) is 9.98. The number of benzene rings is 1. The van der Waals surface area contributed by atoms with Gasteiger partial charge in [0, 0.05) is 18.2 Å². The lowest BCUT2D eigenvalue weighted by molar-refractivity contribution is -0.162. The average molecular weight is 359 g/mol. The van der Waals surface area contributed by atoms with Crippen molar-refractivity contribution in [1.82, 2.24) is 0 Å². The SMILES string of the molecule is CCOC(=O)C(CCCOC)(C(=O)O)c1ccc(Br)cc1. The Kier molecular flexibility index (Phi) is 6.84. The van der Waals surface area contributed by atoms with E-state index in [1.807, 2.05) is 0 Å². The number of rotatable bonds is 8. The predicted octanol–water partition coefficient (Wildman–Crippen LogP) is 2.76. The molecule has 1 aromatic rings. The van der Waals surface area contributed by atoms with E-state index < -0.39 is 17.4 Å². The second-order valence-corrected chi connectivity index (χ2v) is 5.45. The Morgan fingerprint density at radius 1 is 1.29 bits per heavy atom. The van der Waals surface area contributed by atoms with Gasteiger partial charge >= 0.3 is 11.9 Å². The van der Waals surface area contributed by atoms with Crippen molar-refractivity contribution in [3.05, 3.63) is 34.3 Å². The lowest BCUT2D eigenvalue weighted by Crippen LogP contribution is -2.45. The number of ether oxygens (including phenoxy) is 2. The molecule has 0 saturated carbocycles. The molecule has 0 aliphatic rings. The Hall–Kier alpha value is -1.40. The van der Waals surface area contributed by atoms with E-state index in [-0.39, 0.29) is 13.0 Å². The van der Waals surface area contributed by atoms with Crippen LogP contribution >= 0.6 is 15.9 Å². The van der Waals surface area contributed by atoms with E-state index >= 15 is 0 Å². The van der Waals surface area contributed by atoms with Crippen LogP contribution in [0, 0.1) is 0 Å². The average Bonchev–Trinajstić information content (AvgIpc) is 2.45. The molecule has 0 heterocycles. The molecule has 0 aromatic heterocycles. The fourth-order valence-electron chi connectivity index (χ4n) is 2.15. The van der Waals surface area contributed by atoms with Crippen LogP contribution in [0.4, 0.5) is 0 Å². The molecule has 1 rings (SSSR count). The topological polar surface area (TPSA) is 72.8 Å². The van der Waals surface area contributed by atoms with Gasteiger partial charge in [0.2, 0.25) is 0 Å². The number of aliphatic carboxylic acids is 1. The van der Waals surface area contributed by atoms with Crippen LogP contribution in [0.1, 0.15) is 25.3 Å². The summed E-state index contributed by atoms with van der Waals surface area (Å²) in [6.45, 7) is 2.17. The van der Waals surface area contributed by atoms with E-state index in [0.717, 1.165) is 4.47 Å². The molecule has 0 fully saturated rings. The third-order valence-corrected chi connectivity index (χ3v) is 3.75. The van der Waals surface area contributed by atoms with Crippen LogP contribution in [-0.4, -0.2) is 37.4 Å². The minimum atomic E-state index is -1.70. The molecule has 0 saturated heterocycles. The van der Waals surface area contributed by atoms with Crippen molar-refractivity contribution in [2.75, 3.05) is 20.3 Å². The molecule has 1 atom stereocenters. The summed E-state index contributed by atoms with van der Waals surface area (Å²) in [4.78, 5) is 24.2. The molecule has 0 aliphatic heterocycles. The van der Waals surface area contributed by atoms with Crippen molar-refractivity contribution in [1.29, 1.82) is 0 Å². The van der Waals surface area contributed by atoms with E-state index in [0.29, 0.717) is 18.6 Å². The van der Waals surface area contributed by atoms with Crippen molar-refractivity contribution in [3.63, 3.8) is 0 Å². The molecule has 0 radical (unpaired) electrons. The molecule has 6 heteroatoms. The van der Waals surface area contributed by atoms with Gasteiger partial charge in [0.1, 0.15) is 0 Å². The molecule has 0 spiro atoms. The second-order valence-electron chi connectivity index (χ2n) is 4.53. The molecule has 1 N–H and O–H groups in total. The summed E-state index contributed by atoms with van der Waals surface area (Å²) in [5.41, 5.74) is -1.29. The summed E-state index contributed by atoms with van der Waals surface area (Å²) in [5, 5.41) is 9.69. The number of halogens is 1. The minimum absolute atomic E-state index is 0.122. The molecule has 116 valence electrons. The summed E-state index contributed by atoms with van der Waals surface area (Å²) in [6.07, 6.45) is 0.564. The van der Waals surface area contributed by atoms with Crippen molar-refractivity contribution in [3.8, 4) is 0 Å². The van der Waals surface area contributed by atoms with Crippen LogP contribution in [0.2, 0.25) is 0 Å². The lowest BCUT2D eigenvalue weighted by Gasteiger charge is -2.27. The zero-order valence-electron chi connectivity index (χ0n) is 12.1. The van der Waals surface area contributed by atoms with Crippen molar-refractivity contribution in [2.45, 2.75) is 25.2 Å². The predicted molar refractivity (Wildman–Crippen MR) is 81.2 cm³/mol. The summed E-state index contributed by atoms with van der Waals surface area (Å²) in [5.74, 6) is -1.95. The van der Waals surface area contributed by atoms with Crippen LogP contribution in [0.5, 0.6) is 0 Å². The monoisotopic (exact) mass is 358 g/mol. The molecule has 21 heavy (non-hydrogen) atoms. The molecule has 1 aromatic carbocycles. The van der Waals surface area contributed by atoms with Crippen LogP contribution in [0.15, 0.2) is 28.7 Å². The Morgan fingerprint density at radius 2 is 1.90 bits per heavy atom. The normalized spacial score (nSPS) is 13.5. The minimum Gasteiger partial charge on any atom is -0.480 e. The lowest BCUT2D eigenvalue weighted by atomic mass is 9.76. The van der Waals surface area contributed by atoms with Gasteiger partial charge in [-0.2, -0.15) is 0 Å². The molecular formula is C15H19BrO5. The van der Waals surface area contributed by atoms with Gasteiger partial charge in [-0.1, -0.05) is 28.1 Å². The van der Waals surface area contributed by atoms with Crippen LogP contribution < -0.4 is 0 Å². The van der Waals surface area contributed by atoms with E-state index in [1.54, 1.807) is 31.2 Å². The van der Waals surface area contributed by atoms with E-state index in [1.165, 1.54) is 7.11 Å². The summed E-state index contributed by atoms with van der Waals surface area (Å²) in [7, 11) is 1.53. The maximum Gasteiger partial charge on any atom is 0.328 e. The third-order valence-electron chi connectivity index (χ3n) is 3.23. The highest BCUT2D eigenvalue weighted by atomic mass is 79.9. The van der Waals surface area contributed by atoms with Crippen molar-refractivity contribution < 1.29 is 24.2 Å². The molecule has 0 amide bonds. The Balaban J connectivity index is 3.25. The zero-order chi connectivity index (χ0) is 15.9. The van der Waals surface area contributed by atoms with E-state index in [9.17, 15) is 14.7 Å². The fraction of sp³-hybridized carbons (Fsp3) is 0.467. The first-order valence-electron chi connectivity index (χ1n) is 6.64. The molecule has 0 bridgehead atoms. The number of methoxy groups -OCH3 is 1. The second kappa shape index (κ2) is 8.14. The third kappa shape index (κ3) is 4.04. The maximum absolute atomic E-state index is 12.3. The number of carbonyl (C=O) groups excluding carboxylic acids is 1. The van der Waals surface area contributed by atoms with Gasteiger partial charge < -0.3 is 14.6 Å². The summed E-state index contributed by atoms with van der Waals surface area (Å²) >= 11 is 3.30. The van der Waals surface area contributed by atoms with Crippen LogP contribution in [0.25, 0.3) is 0 Å². The van der Waals surface area contributed by atoms with Gasteiger partial charge in [0.05, 0.1) is 6.61 Å². The van der Waals surface area contributed by atoms with Gasteiger partial charge in [-0.3, -0.25) is 9.59 Å². The van der Waals surface area contributed by atoms with Crippen molar-refractivity contribution >= 4 is 27.9 Å². The molecular weight excluding hydrogens is 340 g/mol. The van der Waals surface area contributed by atoms with Gasteiger partial charge in [-0.05, 0) is 37.5 Å². The van der Waals surface area contributed by atoms with E-state index in [2.05, 4.69) is 15.9 Å². The molecule has 0 aliphatic carbocycles. The number of hydrogen-bond acceptors (Lipinski definition) is 4. The summed E-state index contributed by atoms with van der Waals surface area (Å²) < 4.78 is 10.8. The number of hydrogen-bond donors (Lipinski definition) is 1. The maximum atomic E-state index is 12.3. The first-order valence-corrected chi connectivity index (χ1v) is 7.44. The van der Waals surface area contributed by atoms with Gasteiger partial charge in [0.15, 0.2) is 5.41 Å². The van der Waals surface area contributed by atoms with Crippen LogP contribution in [-0.2, 0) is 24.5 Å². The fourth-order valence-corrected chi connectivity index (χ4v) is 2.42. The largest absolute Gasteiger partial charge is 0.480 e. The number of carboxylic acid groups (broad SMARTS) is 1. The summed E-state index contributed by atoms with van der Waals surface area (Å²) in [6, 6.07) is 6.68. The Bertz CT molecular complexity index is 485. The number of carboxylic acids is 1. The highest BCUT2D eigenvalue weighted by Crippen LogP contribution is 2.32. The number of carbonyl (C=O) groups is 2. The molecule has 1 unspecified atom stereocenters. The zero-order valence-corrected chi connectivity index (χ0v) is 13.7. The van der Waals surface area contributed by atoms with Gasteiger partial charge in [-0.15, -0.1) is 0 Å². The highest BCUT2D eigenvalue weighted by Gasteiger charge is 2.48. The Morgan fingerprint density at radius 3 is 2.38 bits per heavy atom. The van der Waals surface area contributed by atoms with Gasteiger partial charge in [-0.25, -0.2) is 0 Å². The van der Waals surface area contributed by atoms with Gasteiger partial charge in [0.25, 0.3) is 0 Å². The van der Waals surface area contributed by atoms with Crippen LogP contribution in [0.3, 0.4) is 0 Å². The van der Waals surface area contributed by atoms with Crippen molar-refractivity contribution in [2.24, 2.45) is 0 Å². The smallest absolute Gasteiger partial charge is 0.328 e. The van der Waals surface area contributed by atoms with E-state index in [4.69, 9.17) is 9.47 Å². The quantitative estimate of drug-likeness (QED) is 0.439. The standard InChI is InChI=1S/C15H19BrO5/c1-3-21-14(19)15(13(17)18,9-4-10-20-2)11-5-7-12(16)8-6-11/h5-8H,3-4,9-10H2,1-2H3,(H,17,18). The Labute approximate surface area is 132 Å². The first kappa shape index (κ1) is 17.7.